The number of benzene rings is 1. The average molecular weight is 292 g/mol. The number of rotatable bonds is 4. The van der Waals surface area contributed by atoms with E-state index in [4.69, 9.17) is 14.6 Å². The van der Waals surface area contributed by atoms with Crippen molar-refractivity contribution in [3.63, 3.8) is 0 Å². The fourth-order valence-corrected chi connectivity index (χ4v) is 2.00. The lowest BCUT2D eigenvalue weighted by molar-refractivity contribution is 0.248. The van der Waals surface area contributed by atoms with Crippen LogP contribution in [0.4, 0.5) is 0 Å². The van der Waals surface area contributed by atoms with Crippen molar-refractivity contribution in [3.05, 3.63) is 45.3 Å². The second kappa shape index (κ2) is 5.99. The molecular formula is C15H16O6. The van der Waals surface area contributed by atoms with Crippen molar-refractivity contribution in [2.45, 2.75) is 20.0 Å². The van der Waals surface area contributed by atoms with Gasteiger partial charge in [0.1, 0.15) is 34.8 Å². The molecule has 2 rings (SSSR count). The first-order valence-corrected chi connectivity index (χ1v) is 6.35. The highest BCUT2D eigenvalue weighted by Crippen LogP contribution is 2.34. The van der Waals surface area contributed by atoms with Crippen LogP contribution in [0, 0.1) is 0 Å². The molecule has 4 N–H and O–H groups in total. The predicted molar refractivity (Wildman–Crippen MR) is 76.3 cm³/mol. The maximum Gasteiger partial charge on any atom is 0.196 e. The van der Waals surface area contributed by atoms with E-state index in [0.717, 1.165) is 6.07 Å². The molecule has 0 radical (unpaired) electrons. The Morgan fingerprint density at radius 1 is 1.29 bits per heavy atom. The van der Waals surface area contributed by atoms with Gasteiger partial charge >= 0.3 is 0 Å². The summed E-state index contributed by atoms with van der Waals surface area (Å²) in [6, 6.07) is 2.32. The second-order valence-electron chi connectivity index (χ2n) is 4.74. The summed E-state index contributed by atoms with van der Waals surface area (Å²) < 4.78 is 5.23. The zero-order valence-corrected chi connectivity index (χ0v) is 11.5. The first-order valence-electron chi connectivity index (χ1n) is 6.35. The molecule has 0 unspecified atom stereocenters. The molecule has 6 nitrogen and oxygen atoms in total. The van der Waals surface area contributed by atoms with E-state index in [2.05, 4.69) is 0 Å². The molecular weight excluding hydrogens is 276 g/mol. The molecule has 0 amide bonds. The SMILES string of the molecule is C/C(=C/Cc1c(O)cc2oc(CO)cc(=O)c2c1O)CO. The number of aliphatic hydroxyl groups is 2. The third-order valence-electron chi connectivity index (χ3n) is 3.19. The zero-order valence-electron chi connectivity index (χ0n) is 11.5. The number of aliphatic hydroxyl groups excluding tert-OH is 2. The number of phenolic OH excluding ortho intramolecular Hbond substituents is 2. The van der Waals surface area contributed by atoms with Crippen molar-refractivity contribution in [2.24, 2.45) is 0 Å². The van der Waals surface area contributed by atoms with Crippen LogP contribution < -0.4 is 5.43 Å². The van der Waals surface area contributed by atoms with Gasteiger partial charge in [-0.2, -0.15) is 0 Å². The Morgan fingerprint density at radius 3 is 2.62 bits per heavy atom. The van der Waals surface area contributed by atoms with Gasteiger partial charge in [-0.25, -0.2) is 0 Å². The van der Waals surface area contributed by atoms with Crippen molar-refractivity contribution in [1.82, 2.24) is 0 Å². The Kier molecular flexibility index (Phi) is 4.30. The minimum atomic E-state index is -0.498. The van der Waals surface area contributed by atoms with Crippen LogP contribution in [-0.4, -0.2) is 27.0 Å². The summed E-state index contributed by atoms with van der Waals surface area (Å²) in [5.41, 5.74) is 0.367. The third-order valence-corrected chi connectivity index (χ3v) is 3.19. The van der Waals surface area contributed by atoms with Gasteiger partial charge in [-0.1, -0.05) is 11.6 Å². The normalized spacial score (nSPS) is 12.0. The lowest BCUT2D eigenvalue weighted by Gasteiger charge is -2.09. The van der Waals surface area contributed by atoms with E-state index < -0.39 is 12.0 Å². The van der Waals surface area contributed by atoms with E-state index in [9.17, 15) is 15.0 Å². The molecule has 0 fully saturated rings. The van der Waals surface area contributed by atoms with Gasteiger partial charge in [-0.15, -0.1) is 0 Å². The Labute approximate surface area is 120 Å². The molecule has 1 aromatic heterocycles. The van der Waals surface area contributed by atoms with Crippen LogP contribution in [0.2, 0.25) is 0 Å². The van der Waals surface area contributed by atoms with E-state index in [0.29, 0.717) is 5.57 Å². The van der Waals surface area contributed by atoms with Crippen molar-refractivity contribution in [2.75, 3.05) is 6.61 Å². The smallest absolute Gasteiger partial charge is 0.196 e. The molecule has 0 saturated heterocycles. The molecule has 0 aliphatic rings. The van der Waals surface area contributed by atoms with E-state index in [1.54, 1.807) is 13.0 Å². The van der Waals surface area contributed by atoms with E-state index in [1.165, 1.54) is 6.07 Å². The van der Waals surface area contributed by atoms with Crippen LogP contribution in [0.25, 0.3) is 11.0 Å². The topological polar surface area (TPSA) is 111 Å². The molecule has 0 bridgehead atoms. The van der Waals surface area contributed by atoms with Crippen molar-refractivity contribution < 1.29 is 24.8 Å². The van der Waals surface area contributed by atoms with Crippen molar-refractivity contribution >= 4 is 11.0 Å². The first-order chi connectivity index (χ1) is 9.97. The molecule has 6 heteroatoms. The van der Waals surface area contributed by atoms with Crippen LogP contribution in [-0.2, 0) is 13.0 Å². The summed E-state index contributed by atoms with van der Waals surface area (Å²) in [4.78, 5) is 12.0. The lowest BCUT2D eigenvalue weighted by Crippen LogP contribution is -2.04. The van der Waals surface area contributed by atoms with Gasteiger partial charge in [0.25, 0.3) is 0 Å². The minimum Gasteiger partial charge on any atom is -0.507 e. The Bertz CT molecular complexity index is 757. The number of aromatic hydroxyl groups is 2. The summed E-state index contributed by atoms with van der Waals surface area (Å²) >= 11 is 0. The highest BCUT2D eigenvalue weighted by molar-refractivity contribution is 5.86. The molecule has 0 aliphatic carbocycles. The minimum absolute atomic E-state index is 0.00756. The number of hydrogen-bond donors (Lipinski definition) is 4. The molecule has 0 aliphatic heterocycles. The maximum atomic E-state index is 12.0. The van der Waals surface area contributed by atoms with Crippen molar-refractivity contribution in [3.8, 4) is 11.5 Å². The van der Waals surface area contributed by atoms with E-state index >= 15 is 0 Å². The fraction of sp³-hybridized carbons (Fsp3) is 0.267. The number of allylic oxidation sites excluding steroid dienone is 1. The highest BCUT2D eigenvalue weighted by Gasteiger charge is 2.16. The summed E-state index contributed by atoms with van der Waals surface area (Å²) in [6.07, 6.45) is 1.81. The van der Waals surface area contributed by atoms with Crippen molar-refractivity contribution in [1.29, 1.82) is 0 Å². The predicted octanol–water partition coefficient (Wildman–Crippen LogP) is 1.18. The van der Waals surface area contributed by atoms with Crippen LogP contribution >= 0.6 is 0 Å². The summed E-state index contributed by atoms with van der Waals surface area (Å²) in [5.74, 6) is -0.527. The van der Waals surface area contributed by atoms with Gasteiger partial charge in [-0.05, 0) is 13.3 Å². The van der Waals surface area contributed by atoms with Gasteiger partial charge in [0, 0.05) is 17.7 Å². The van der Waals surface area contributed by atoms with Gasteiger partial charge in [0.15, 0.2) is 5.43 Å². The quantitative estimate of drug-likeness (QED) is 0.630. The highest BCUT2D eigenvalue weighted by atomic mass is 16.4. The summed E-state index contributed by atoms with van der Waals surface area (Å²) in [5, 5.41) is 38.0. The Hall–Kier alpha value is -2.31. The third kappa shape index (κ3) is 2.91. The maximum absolute atomic E-state index is 12.0. The monoisotopic (exact) mass is 292 g/mol. The number of hydrogen-bond acceptors (Lipinski definition) is 6. The molecule has 2 aromatic rings. The molecule has 112 valence electrons. The molecule has 1 heterocycles. The van der Waals surface area contributed by atoms with E-state index in [-0.39, 0.29) is 46.8 Å². The molecule has 0 spiro atoms. The average Bonchev–Trinajstić information content (AvgIpc) is 2.45. The van der Waals surface area contributed by atoms with Gasteiger partial charge in [0.2, 0.25) is 0 Å². The number of phenols is 2. The fourth-order valence-electron chi connectivity index (χ4n) is 2.00. The molecule has 0 saturated carbocycles. The largest absolute Gasteiger partial charge is 0.507 e. The Morgan fingerprint density at radius 2 is 2.00 bits per heavy atom. The van der Waals surface area contributed by atoms with Crippen LogP contribution in [0.3, 0.4) is 0 Å². The van der Waals surface area contributed by atoms with Crippen LogP contribution in [0.5, 0.6) is 11.5 Å². The van der Waals surface area contributed by atoms with Crippen LogP contribution in [0.1, 0.15) is 18.2 Å². The Balaban J connectivity index is 2.64. The van der Waals surface area contributed by atoms with Gasteiger partial charge in [0.05, 0.1) is 6.61 Å². The standard InChI is InChI=1S/C15H16O6/c1-8(6-16)2-3-10-11(18)5-13-14(15(10)20)12(19)4-9(7-17)21-13/h2,4-5,16-18,20H,3,6-7H2,1H3/b8-2-. The summed E-state index contributed by atoms with van der Waals surface area (Å²) in [6.45, 7) is 1.13. The second-order valence-corrected chi connectivity index (χ2v) is 4.74. The van der Waals surface area contributed by atoms with Gasteiger partial charge < -0.3 is 24.8 Å². The molecule has 0 atom stereocenters. The zero-order chi connectivity index (χ0) is 15.6. The molecule has 1 aromatic carbocycles. The summed E-state index contributed by atoms with van der Waals surface area (Å²) in [7, 11) is 0. The van der Waals surface area contributed by atoms with Crippen LogP contribution in [0.15, 0.2) is 33.0 Å². The lowest BCUT2D eigenvalue weighted by atomic mass is 10.0. The molecule has 21 heavy (non-hydrogen) atoms. The first kappa shape index (κ1) is 15.1. The number of fused-ring (bicyclic) bond motifs is 1. The van der Waals surface area contributed by atoms with E-state index in [1.807, 2.05) is 0 Å². The van der Waals surface area contributed by atoms with Gasteiger partial charge in [-0.3, -0.25) is 4.79 Å².